The number of aliphatic hydroxyl groups excluding tert-OH is 1. The minimum atomic E-state index is -0.0995. The van der Waals surface area contributed by atoms with Crippen LogP contribution in [0.15, 0.2) is 30.3 Å². The lowest BCUT2D eigenvalue weighted by atomic mass is 9.74. The lowest BCUT2D eigenvalue weighted by molar-refractivity contribution is -0.150. The Hall–Kier alpha value is -1.65. The van der Waals surface area contributed by atoms with Gasteiger partial charge in [-0.1, -0.05) is 50.1 Å². The normalized spacial score (nSPS) is 27.6. The summed E-state index contributed by atoms with van der Waals surface area (Å²) in [6.45, 7) is 2.77. The fourth-order valence-corrected chi connectivity index (χ4v) is 5.61. The molecule has 2 fully saturated rings. The smallest absolute Gasteiger partial charge is 0.222 e. The number of likely N-dealkylation sites (tertiary alicyclic amines) is 1. The summed E-state index contributed by atoms with van der Waals surface area (Å²) in [6, 6.07) is 9.57. The molecule has 1 amide bonds. The van der Waals surface area contributed by atoms with E-state index >= 15 is 0 Å². The van der Waals surface area contributed by atoms with Gasteiger partial charge in [0.2, 0.25) is 5.91 Å². The van der Waals surface area contributed by atoms with Crippen molar-refractivity contribution in [1.29, 1.82) is 0 Å². The first-order chi connectivity index (χ1) is 14.2. The van der Waals surface area contributed by atoms with Gasteiger partial charge in [-0.25, -0.2) is 0 Å². The summed E-state index contributed by atoms with van der Waals surface area (Å²) >= 11 is 0. The van der Waals surface area contributed by atoms with Gasteiger partial charge in [0.05, 0.1) is 18.7 Å². The highest BCUT2D eigenvalue weighted by molar-refractivity contribution is 5.78. The fraction of sp³-hybridized carbons (Fsp3) is 0.640. The molecular formula is C25H36N2O2. The molecule has 1 aromatic carbocycles. The number of benzene rings is 1. The lowest BCUT2D eigenvalue weighted by Crippen LogP contribution is -2.68. The van der Waals surface area contributed by atoms with Crippen molar-refractivity contribution < 1.29 is 9.90 Å². The van der Waals surface area contributed by atoms with Crippen molar-refractivity contribution in [2.45, 2.75) is 88.8 Å². The minimum absolute atomic E-state index is 0.0310. The molecule has 158 valence electrons. The zero-order valence-corrected chi connectivity index (χ0v) is 17.8. The fourth-order valence-electron chi connectivity index (χ4n) is 5.61. The quantitative estimate of drug-likeness (QED) is 0.725. The first-order valence-corrected chi connectivity index (χ1v) is 11.7. The van der Waals surface area contributed by atoms with Crippen molar-refractivity contribution in [2.75, 3.05) is 13.2 Å². The molecular weight excluding hydrogens is 360 g/mol. The number of amides is 1. The van der Waals surface area contributed by atoms with Gasteiger partial charge in [0.15, 0.2) is 0 Å². The maximum atomic E-state index is 12.6. The van der Waals surface area contributed by atoms with E-state index in [1.54, 1.807) is 0 Å². The summed E-state index contributed by atoms with van der Waals surface area (Å²) in [5, 5.41) is 13.8. The summed E-state index contributed by atoms with van der Waals surface area (Å²) in [5.41, 5.74) is 4.05. The summed E-state index contributed by atoms with van der Waals surface area (Å²) < 4.78 is 0. The topological polar surface area (TPSA) is 52.6 Å². The van der Waals surface area contributed by atoms with Crippen LogP contribution in [0.25, 0.3) is 5.57 Å². The molecule has 2 aliphatic carbocycles. The zero-order chi connectivity index (χ0) is 20.2. The number of rotatable bonds is 7. The Kier molecular flexibility index (Phi) is 6.71. The SMILES string of the molecule is CCC(=O)N1[C@H](CO)[C@H](c2ccc(C3=CCCCC3)cc2)[C@@H]1CNC1CCCC1. The molecule has 1 heterocycles. The van der Waals surface area contributed by atoms with Crippen molar-refractivity contribution in [2.24, 2.45) is 0 Å². The summed E-state index contributed by atoms with van der Waals surface area (Å²) in [6.07, 6.45) is 12.9. The van der Waals surface area contributed by atoms with Crippen LogP contribution in [0.2, 0.25) is 0 Å². The first kappa shape index (κ1) is 20.6. The molecule has 2 N–H and O–H groups in total. The Labute approximate surface area is 175 Å². The van der Waals surface area contributed by atoms with Gasteiger partial charge in [-0.05, 0) is 55.2 Å². The van der Waals surface area contributed by atoms with E-state index in [0.717, 1.165) is 6.54 Å². The number of carbonyl (C=O) groups excluding carboxylic acids is 1. The summed E-state index contributed by atoms with van der Waals surface area (Å²) in [4.78, 5) is 14.5. The molecule has 3 aliphatic rings. The second-order valence-corrected chi connectivity index (χ2v) is 8.98. The molecule has 0 bridgehead atoms. The monoisotopic (exact) mass is 396 g/mol. The molecule has 4 nitrogen and oxygen atoms in total. The van der Waals surface area contributed by atoms with E-state index in [1.165, 1.54) is 68.1 Å². The second kappa shape index (κ2) is 9.44. The van der Waals surface area contributed by atoms with Gasteiger partial charge >= 0.3 is 0 Å². The Morgan fingerprint density at radius 3 is 2.48 bits per heavy atom. The molecule has 0 spiro atoms. The average molecular weight is 397 g/mol. The van der Waals surface area contributed by atoms with E-state index in [9.17, 15) is 9.90 Å². The Bertz CT molecular complexity index is 721. The van der Waals surface area contributed by atoms with Gasteiger partial charge in [-0.3, -0.25) is 4.79 Å². The Morgan fingerprint density at radius 1 is 1.10 bits per heavy atom. The molecule has 1 saturated heterocycles. The number of nitrogens with one attached hydrogen (secondary N) is 1. The molecule has 0 unspecified atom stereocenters. The van der Waals surface area contributed by atoms with Crippen molar-refractivity contribution in [3.8, 4) is 0 Å². The van der Waals surface area contributed by atoms with E-state index in [1.807, 2.05) is 11.8 Å². The number of aliphatic hydroxyl groups is 1. The summed E-state index contributed by atoms with van der Waals surface area (Å²) in [5.74, 6) is 0.362. The van der Waals surface area contributed by atoms with E-state index in [4.69, 9.17) is 0 Å². The third-order valence-electron chi connectivity index (χ3n) is 7.25. The molecule has 0 radical (unpaired) electrons. The number of carbonyl (C=O) groups is 1. The largest absolute Gasteiger partial charge is 0.394 e. The Balaban J connectivity index is 1.51. The van der Waals surface area contributed by atoms with Crippen LogP contribution in [0.5, 0.6) is 0 Å². The van der Waals surface area contributed by atoms with Crippen LogP contribution in [0.1, 0.15) is 81.8 Å². The average Bonchev–Trinajstić information content (AvgIpc) is 3.28. The van der Waals surface area contributed by atoms with Crippen LogP contribution < -0.4 is 5.32 Å². The first-order valence-electron chi connectivity index (χ1n) is 11.7. The highest BCUT2D eigenvalue weighted by Crippen LogP contribution is 2.41. The molecule has 4 heteroatoms. The van der Waals surface area contributed by atoms with Crippen LogP contribution >= 0.6 is 0 Å². The predicted octanol–water partition coefficient (Wildman–Crippen LogP) is 4.24. The third-order valence-corrected chi connectivity index (χ3v) is 7.25. The molecule has 29 heavy (non-hydrogen) atoms. The predicted molar refractivity (Wildman–Crippen MR) is 118 cm³/mol. The molecule has 3 atom stereocenters. The lowest BCUT2D eigenvalue weighted by Gasteiger charge is -2.55. The number of nitrogens with zero attached hydrogens (tertiary/aromatic N) is 1. The molecule has 1 aliphatic heterocycles. The maximum Gasteiger partial charge on any atom is 0.222 e. The molecule has 0 aromatic heterocycles. The highest BCUT2D eigenvalue weighted by atomic mass is 16.3. The summed E-state index contributed by atoms with van der Waals surface area (Å²) in [7, 11) is 0. The van der Waals surface area contributed by atoms with Crippen molar-refractivity contribution in [3.05, 3.63) is 41.5 Å². The van der Waals surface area contributed by atoms with E-state index in [0.29, 0.717) is 12.5 Å². The standard InChI is InChI=1S/C25H36N2O2/c1-2-24(29)27-22(16-26-21-10-6-7-11-21)25(23(27)17-28)20-14-12-19(13-15-20)18-8-4-3-5-9-18/h8,12-15,21-23,25-26,28H,2-7,9-11,16-17H2,1H3/t22-,23+,25+/m0/s1. The van der Waals surface area contributed by atoms with Crippen LogP contribution in [-0.2, 0) is 4.79 Å². The number of hydrogen-bond acceptors (Lipinski definition) is 3. The zero-order valence-electron chi connectivity index (χ0n) is 17.8. The van der Waals surface area contributed by atoms with Gasteiger partial charge < -0.3 is 15.3 Å². The van der Waals surface area contributed by atoms with E-state index < -0.39 is 0 Å². The van der Waals surface area contributed by atoms with Crippen LogP contribution in [-0.4, -0.2) is 47.2 Å². The van der Waals surface area contributed by atoms with Gasteiger partial charge in [-0.15, -0.1) is 0 Å². The van der Waals surface area contributed by atoms with Crippen LogP contribution in [0.3, 0.4) is 0 Å². The highest BCUT2D eigenvalue weighted by Gasteiger charge is 2.50. The van der Waals surface area contributed by atoms with Crippen LogP contribution in [0.4, 0.5) is 0 Å². The molecule has 4 rings (SSSR count). The van der Waals surface area contributed by atoms with Crippen molar-refractivity contribution in [1.82, 2.24) is 10.2 Å². The van der Waals surface area contributed by atoms with Crippen LogP contribution in [0, 0.1) is 0 Å². The molecule has 1 aromatic rings. The van der Waals surface area contributed by atoms with Gasteiger partial charge in [0.25, 0.3) is 0 Å². The third kappa shape index (κ3) is 4.29. The van der Waals surface area contributed by atoms with E-state index in [2.05, 4.69) is 35.7 Å². The van der Waals surface area contributed by atoms with Crippen molar-refractivity contribution in [3.63, 3.8) is 0 Å². The van der Waals surface area contributed by atoms with Gasteiger partial charge in [0, 0.05) is 24.9 Å². The van der Waals surface area contributed by atoms with E-state index in [-0.39, 0.29) is 30.5 Å². The number of allylic oxidation sites excluding steroid dienone is 2. The maximum absolute atomic E-state index is 12.6. The van der Waals surface area contributed by atoms with Gasteiger partial charge in [0.1, 0.15) is 0 Å². The van der Waals surface area contributed by atoms with Gasteiger partial charge in [-0.2, -0.15) is 0 Å². The second-order valence-electron chi connectivity index (χ2n) is 8.98. The Morgan fingerprint density at radius 2 is 1.86 bits per heavy atom. The van der Waals surface area contributed by atoms with Crippen molar-refractivity contribution >= 4 is 11.5 Å². The molecule has 1 saturated carbocycles. The number of hydrogen-bond donors (Lipinski definition) is 2. The minimum Gasteiger partial charge on any atom is -0.394 e.